The highest BCUT2D eigenvalue weighted by atomic mass is 35.5. The molecular weight excluding hydrogens is 419 g/mol. The molecule has 0 saturated carbocycles. The van der Waals surface area contributed by atoms with E-state index in [0.29, 0.717) is 40.3 Å². The normalized spacial score (nSPS) is 16.1. The molecule has 5 nitrogen and oxygen atoms in total. The molecule has 1 aliphatic rings. The molecule has 1 N–H and O–H groups in total. The molecule has 2 aromatic rings. The lowest BCUT2D eigenvalue weighted by molar-refractivity contribution is 0.101. The van der Waals surface area contributed by atoms with Crippen LogP contribution in [0.5, 0.6) is 0 Å². The molecule has 3 rings (SSSR count). The lowest BCUT2D eigenvalue weighted by Gasteiger charge is -2.29. The molecule has 0 radical (unpaired) electrons. The first-order valence-electron chi connectivity index (χ1n) is 9.10. The molecule has 0 atom stereocenters. The number of nitrogens with one attached hydrogen (secondary N) is 1. The lowest BCUT2D eigenvalue weighted by atomic mass is 10.0. The first kappa shape index (κ1) is 21.1. The van der Waals surface area contributed by atoms with Gasteiger partial charge in [0.25, 0.3) is 0 Å². The largest absolute Gasteiger partial charge is 0.376 e. The molecule has 8 heteroatoms. The number of nitrogens with zero attached hydrogens (tertiary/aromatic N) is 1. The first-order valence-corrected chi connectivity index (χ1v) is 11.3. The van der Waals surface area contributed by atoms with Crippen molar-refractivity contribution in [2.75, 3.05) is 25.0 Å². The van der Waals surface area contributed by atoms with Gasteiger partial charge in [-0.1, -0.05) is 48.3 Å². The number of hydrogen-bond acceptors (Lipinski definition) is 4. The van der Waals surface area contributed by atoms with Gasteiger partial charge in [0.2, 0.25) is 10.0 Å². The van der Waals surface area contributed by atoms with Crippen LogP contribution in [0.4, 0.5) is 5.69 Å². The van der Waals surface area contributed by atoms with Crippen LogP contribution in [0.25, 0.3) is 0 Å². The Morgan fingerprint density at radius 1 is 1.14 bits per heavy atom. The average Bonchev–Trinajstić information content (AvgIpc) is 2.69. The number of piperidine rings is 1. The van der Waals surface area contributed by atoms with Gasteiger partial charge in [-0.05, 0) is 43.0 Å². The Morgan fingerprint density at radius 3 is 2.54 bits per heavy atom. The summed E-state index contributed by atoms with van der Waals surface area (Å²) in [5, 5.41) is 3.68. The zero-order chi connectivity index (χ0) is 20.3. The van der Waals surface area contributed by atoms with E-state index in [2.05, 4.69) is 12.2 Å². The molecular formula is C20H22Cl2N2O3S. The van der Waals surface area contributed by atoms with Crippen molar-refractivity contribution in [1.29, 1.82) is 0 Å². The SMILES string of the molecule is CC1CCN(S(=O)(=O)c2cccc(C(=O)CNc3cccc(Cl)c3Cl)c2)CC1. The summed E-state index contributed by atoms with van der Waals surface area (Å²) in [6.07, 6.45) is 1.70. The predicted molar refractivity (Wildman–Crippen MR) is 113 cm³/mol. The van der Waals surface area contributed by atoms with Gasteiger partial charge in [-0.3, -0.25) is 4.79 Å². The monoisotopic (exact) mass is 440 g/mol. The predicted octanol–water partition coefficient (Wildman–Crippen LogP) is 4.71. The van der Waals surface area contributed by atoms with E-state index >= 15 is 0 Å². The Kier molecular flexibility index (Phi) is 6.65. The molecule has 0 aliphatic carbocycles. The highest BCUT2D eigenvalue weighted by molar-refractivity contribution is 7.89. The highest BCUT2D eigenvalue weighted by Gasteiger charge is 2.28. The van der Waals surface area contributed by atoms with Gasteiger partial charge in [0.15, 0.2) is 5.78 Å². The number of carbonyl (C=O) groups is 1. The third-order valence-corrected chi connectivity index (χ3v) is 7.64. The zero-order valence-corrected chi connectivity index (χ0v) is 17.8. The number of carbonyl (C=O) groups excluding carboxylic acids is 1. The number of anilines is 1. The molecule has 1 fully saturated rings. The molecule has 1 saturated heterocycles. The molecule has 1 aliphatic heterocycles. The van der Waals surface area contributed by atoms with Crippen LogP contribution >= 0.6 is 23.2 Å². The summed E-state index contributed by atoms with van der Waals surface area (Å²) in [6.45, 7) is 3.13. The van der Waals surface area contributed by atoms with Crippen molar-refractivity contribution < 1.29 is 13.2 Å². The van der Waals surface area contributed by atoms with Gasteiger partial charge in [0, 0.05) is 18.7 Å². The van der Waals surface area contributed by atoms with Gasteiger partial charge >= 0.3 is 0 Å². The van der Waals surface area contributed by atoms with E-state index in [4.69, 9.17) is 23.2 Å². The number of hydrogen-bond donors (Lipinski definition) is 1. The summed E-state index contributed by atoms with van der Waals surface area (Å²) in [4.78, 5) is 12.7. The summed E-state index contributed by atoms with van der Waals surface area (Å²) < 4.78 is 27.3. The number of sulfonamides is 1. The number of ketones is 1. The minimum Gasteiger partial charge on any atom is -0.376 e. The molecule has 0 aromatic heterocycles. The summed E-state index contributed by atoms with van der Waals surface area (Å²) in [6, 6.07) is 11.3. The van der Waals surface area contributed by atoms with Gasteiger partial charge < -0.3 is 5.32 Å². The van der Waals surface area contributed by atoms with Crippen molar-refractivity contribution in [2.24, 2.45) is 5.92 Å². The maximum atomic E-state index is 12.9. The number of rotatable bonds is 6. The molecule has 28 heavy (non-hydrogen) atoms. The van der Waals surface area contributed by atoms with E-state index in [-0.39, 0.29) is 17.2 Å². The molecule has 150 valence electrons. The third kappa shape index (κ3) is 4.69. The summed E-state index contributed by atoms with van der Waals surface area (Å²) in [7, 11) is -3.60. The van der Waals surface area contributed by atoms with Crippen LogP contribution < -0.4 is 5.32 Å². The van der Waals surface area contributed by atoms with Crippen LogP contribution in [0.15, 0.2) is 47.4 Å². The second-order valence-electron chi connectivity index (χ2n) is 6.99. The van der Waals surface area contributed by atoms with Crippen molar-refractivity contribution in [2.45, 2.75) is 24.7 Å². The van der Waals surface area contributed by atoms with E-state index in [1.54, 1.807) is 30.3 Å². The van der Waals surface area contributed by atoms with Crippen molar-refractivity contribution in [3.8, 4) is 0 Å². The fraction of sp³-hybridized carbons (Fsp3) is 0.350. The van der Waals surface area contributed by atoms with Gasteiger partial charge in [0.05, 0.1) is 27.2 Å². The van der Waals surface area contributed by atoms with Crippen molar-refractivity contribution >= 4 is 44.7 Å². The maximum absolute atomic E-state index is 12.9. The van der Waals surface area contributed by atoms with Gasteiger partial charge in [-0.2, -0.15) is 4.31 Å². The van der Waals surface area contributed by atoms with E-state index < -0.39 is 10.0 Å². The summed E-state index contributed by atoms with van der Waals surface area (Å²) in [5.74, 6) is 0.295. The number of halogens is 2. The highest BCUT2D eigenvalue weighted by Crippen LogP contribution is 2.29. The Hall–Kier alpha value is -1.60. The van der Waals surface area contributed by atoms with Crippen molar-refractivity contribution in [3.05, 3.63) is 58.1 Å². The second-order valence-corrected chi connectivity index (χ2v) is 9.72. The second kappa shape index (κ2) is 8.82. The molecule has 0 spiro atoms. The lowest BCUT2D eigenvalue weighted by Crippen LogP contribution is -2.37. The zero-order valence-electron chi connectivity index (χ0n) is 15.5. The van der Waals surface area contributed by atoms with Crippen LogP contribution in [0, 0.1) is 5.92 Å². The fourth-order valence-electron chi connectivity index (χ4n) is 3.12. The van der Waals surface area contributed by atoms with Crippen LogP contribution in [0.2, 0.25) is 10.0 Å². The number of Topliss-reactive ketones (excluding diaryl/α,β-unsaturated/α-hetero) is 1. The number of benzene rings is 2. The molecule has 2 aromatic carbocycles. The quantitative estimate of drug-likeness (QED) is 0.660. The van der Waals surface area contributed by atoms with Crippen molar-refractivity contribution in [3.63, 3.8) is 0 Å². The van der Waals surface area contributed by atoms with Gasteiger partial charge in [-0.25, -0.2) is 8.42 Å². The summed E-state index contributed by atoms with van der Waals surface area (Å²) >= 11 is 12.1. The van der Waals surface area contributed by atoms with Crippen LogP contribution in [-0.4, -0.2) is 38.1 Å². The topological polar surface area (TPSA) is 66.5 Å². The van der Waals surface area contributed by atoms with E-state index in [1.807, 2.05) is 0 Å². The van der Waals surface area contributed by atoms with Crippen LogP contribution in [0.3, 0.4) is 0 Å². The maximum Gasteiger partial charge on any atom is 0.243 e. The Labute approximate surface area is 175 Å². The first-order chi connectivity index (χ1) is 13.3. The average molecular weight is 441 g/mol. The molecule has 0 unspecified atom stereocenters. The minimum absolute atomic E-state index is 0.0230. The molecule has 1 heterocycles. The summed E-state index contributed by atoms with van der Waals surface area (Å²) in [5.41, 5.74) is 0.880. The molecule has 0 amide bonds. The molecule has 0 bridgehead atoms. The van der Waals surface area contributed by atoms with Crippen molar-refractivity contribution in [1.82, 2.24) is 4.31 Å². The Morgan fingerprint density at radius 2 is 1.82 bits per heavy atom. The van der Waals surface area contributed by atoms with Crippen LogP contribution in [0.1, 0.15) is 30.1 Å². The Bertz CT molecular complexity index is 971. The van der Waals surface area contributed by atoms with Crippen LogP contribution in [-0.2, 0) is 10.0 Å². The standard InChI is InChI=1S/C20H22Cl2N2O3S/c1-14-8-10-24(11-9-14)28(26,27)16-5-2-4-15(12-16)19(25)13-23-18-7-3-6-17(21)20(18)22/h2-7,12,14,23H,8-11,13H2,1H3. The van der Waals surface area contributed by atoms with E-state index in [0.717, 1.165) is 12.8 Å². The van der Waals surface area contributed by atoms with Gasteiger partial charge in [0.1, 0.15) is 0 Å². The smallest absolute Gasteiger partial charge is 0.243 e. The van der Waals surface area contributed by atoms with E-state index in [1.165, 1.54) is 16.4 Å². The fourth-order valence-corrected chi connectivity index (χ4v) is 5.01. The van der Waals surface area contributed by atoms with E-state index in [9.17, 15) is 13.2 Å². The minimum atomic E-state index is -3.60. The van der Waals surface area contributed by atoms with Gasteiger partial charge in [-0.15, -0.1) is 0 Å². The third-order valence-electron chi connectivity index (χ3n) is 4.93. The Balaban J connectivity index is 1.73.